The van der Waals surface area contributed by atoms with Crippen LogP contribution >= 0.6 is 0 Å². The molecule has 2 aromatic heterocycles. The van der Waals surface area contributed by atoms with Crippen LogP contribution in [0.3, 0.4) is 0 Å². The summed E-state index contributed by atoms with van der Waals surface area (Å²) in [7, 11) is 12.4. The highest BCUT2D eigenvalue weighted by atomic mass is 16.6. The number of primary amides is 2. The van der Waals surface area contributed by atoms with Gasteiger partial charge in [0.15, 0.2) is 34.4 Å². The van der Waals surface area contributed by atoms with Crippen molar-refractivity contribution in [1.82, 2.24) is 85.6 Å². The Morgan fingerprint density at radius 3 is 1.37 bits per heavy atom. The molecule has 0 spiro atoms. The van der Waals surface area contributed by atoms with Gasteiger partial charge in [0, 0.05) is 75.0 Å². The third kappa shape index (κ3) is 20.7. The van der Waals surface area contributed by atoms with Gasteiger partial charge >= 0.3 is 11.9 Å². The minimum atomic E-state index is -1.88. The summed E-state index contributed by atoms with van der Waals surface area (Å²) in [5.74, 6) is -13.1. The third-order valence-electron chi connectivity index (χ3n) is 19.9. The van der Waals surface area contributed by atoms with Crippen LogP contribution in [0.2, 0.25) is 0 Å². The molecule has 4 saturated heterocycles. The van der Waals surface area contributed by atoms with Gasteiger partial charge in [0.2, 0.25) is 52.7 Å². The summed E-state index contributed by atoms with van der Waals surface area (Å²) in [6, 6.07) is -7.90. The number of amides is 12. The molecule has 42 heteroatoms. The zero-order chi connectivity index (χ0) is 86.7. The second kappa shape index (κ2) is 38.5. The van der Waals surface area contributed by atoms with E-state index in [1.807, 2.05) is 0 Å². The number of aromatic amines is 2. The number of cyclic esters (lactones) is 2. The maximum atomic E-state index is 15.2. The number of hydrogen-bond acceptors (Lipinski definition) is 26. The van der Waals surface area contributed by atoms with E-state index in [2.05, 4.69) is 61.9 Å². The third-order valence-corrected chi connectivity index (χ3v) is 19.9. The number of esters is 2. The summed E-state index contributed by atoms with van der Waals surface area (Å²) in [5, 5.41) is 28.5. The number of H-pyrrole nitrogens is 2. The summed E-state index contributed by atoms with van der Waals surface area (Å²) in [6.45, 7) is 18.4. The van der Waals surface area contributed by atoms with Crippen LogP contribution in [0.15, 0.2) is 54.7 Å². The highest BCUT2D eigenvalue weighted by Crippen LogP contribution is 2.36. The summed E-state index contributed by atoms with van der Waals surface area (Å²) in [4.78, 5) is 233. The van der Waals surface area contributed by atoms with Crippen molar-refractivity contribution in [3.8, 4) is 11.5 Å². The van der Waals surface area contributed by atoms with Gasteiger partial charge in [-0.1, -0.05) is 71.9 Å². The standard InChI is InChI=1S/C62H86N12O16.2C6H10N6O/c1-27(2)42-59(84)73-23-17-19-36(73)57(82)69(13)25-38(75)71(15)48(29(5)6)61(86)88-33(11)44(55(80)65-42)67-53(78)35-22-21-31(9)51-46(35)64-47-40(41(63)50(77)32(10)52(47)90-51)54(79)68-45-34(12)89-62(87)49(30(7)8)72(16)39(76)26-70(14)58(83)37-20-18-24-74(37)60(85)43(28(3)4)66-56(45)81;2*1-12(2)11-10-6-4(5(7)13)8-3-9-6/h21-22,27-30,33-34,36-37,42-45,48-49H,17-20,23-26,63H2,1-16H3,(H,65,80)(H,66,81)(H,67,78)(H,68,79);2*3H,1-2H3,(H2,7,13)(H,8,9)/b;2*11-10+/t33-,34-,36+,37+,42-,43-,44+,45+,48+,49+;;/m1../s1. The Labute approximate surface area is 668 Å². The van der Waals surface area contributed by atoms with Gasteiger partial charge in [-0.25, -0.2) is 24.5 Å². The number of fused-ring (bicyclic) bond motifs is 4. The largest absolute Gasteiger partial charge is 0.458 e. The maximum absolute atomic E-state index is 15.2. The van der Waals surface area contributed by atoms with Gasteiger partial charge in [0.1, 0.15) is 71.8 Å². The van der Waals surface area contributed by atoms with E-state index in [1.165, 1.54) is 103 Å². The molecule has 3 aromatic rings. The zero-order valence-electron chi connectivity index (χ0n) is 68.8. The number of benzene rings is 2. The van der Waals surface area contributed by atoms with Crippen LogP contribution in [0.5, 0.6) is 0 Å². The first-order chi connectivity index (χ1) is 54.3. The van der Waals surface area contributed by atoms with E-state index in [9.17, 15) is 62.3 Å². The lowest BCUT2D eigenvalue weighted by Gasteiger charge is -2.36. The van der Waals surface area contributed by atoms with E-state index >= 15 is 9.59 Å². The number of anilines is 1. The summed E-state index contributed by atoms with van der Waals surface area (Å²) >= 11 is 0. The van der Waals surface area contributed by atoms with E-state index in [0.29, 0.717) is 18.4 Å². The second-order valence-electron chi connectivity index (χ2n) is 30.5. The average molecular weight is 1620 g/mol. The quantitative estimate of drug-likeness (QED) is 0.0245. The van der Waals surface area contributed by atoms with Crippen LogP contribution in [0.1, 0.15) is 148 Å². The molecule has 9 rings (SSSR count). The summed E-state index contributed by atoms with van der Waals surface area (Å²) in [5.41, 5.74) is 13.8. The summed E-state index contributed by atoms with van der Waals surface area (Å²) in [6.07, 6.45) is 1.02. The highest BCUT2D eigenvalue weighted by molar-refractivity contribution is 6.11. The normalized spacial score (nSPS) is 22.7. The molecule has 1 aromatic carbocycles. The first-order valence-corrected chi connectivity index (χ1v) is 37.6. The van der Waals surface area contributed by atoms with Gasteiger partial charge in [0.05, 0.1) is 42.6 Å². The van der Waals surface area contributed by atoms with Crippen molar-refractivity contribution in [1.29, 1.82) is 0 Å². The lowest BCUT2D eigenvalue weighted by molar-refractivity contribution is -0.163. The van der Waals surface area contributed by atoms with Crippen molar-refractivity contribution in [3.05, 3.63) is 68.7 Å². The van der Waals surface area contributed by atoms with Crippen LogP contribution in [-0.2, 0) is 57.4 Å². The fraction of sp³-hybridized carbons (Fsp3) is 0.568. The molecule has 0 unspecified atom stereocenters. The lowest BCUT2D eigenvalue weighted by Crippen LogP contribution is -2.61. The summed E-state index contributed by atoms with van der Waals surface area (Å²) < 4.78 is 18.3. The number of hydrogen-bond donors (Lipinski definition) is 9. The number of likely N-dealkylation sites (N-methyl/N-ethyl adjacent to an activating group) is 4. The molecule has 12 amide bonds. The molecule has 0 bridgehead atoms. The van der Waals surface area contributed by atoms with Crippen molar-refractivity contribution < 1.29 is 81.0 Å². The Morgan fingerprint density at radius 1 is 0.586 bits per heavy atom. The number of aromatic nitrogens is 5. The number of aryl methyl sites for hydroxylation is 1. The van der Waals surface area contributed by atoms with Gasteiger partial charge < -0.3 is 91.7 Å². The Bertz CT molecular complexity index is 4590. The molecule has 0 saturated carbocycles. The molecule has 5 aliphatic heterocycles. The number of imidazole rings is 2. The Balaban J connectivity index is 0.000000602. The molecule has 0 radical (unpaired) electrons. The Hall–Kier alpha value is -12.6. The molecule has 1 aliphatic carbocycles. The monoisotopic (exact) mass is 1620 g/mol. The van der Waals surface area contributed by atoms with Crippen LogP contribution in [0, 0.1) is 37.5 Å². The number of nitrogen functional groups attached to an aromatic ring is 1. The molecule has 7 heterocycles. The van der Waals surface area contributed by atoms with Crippen LogP contribution in [-0.4, -0.2) is 290 Å². The van der Waals surface area contributed by atoms with Crippen LogP contribution in [0.4, 0.5) is 17.3 Å². The van der Waals surface area contributed by atoms with Gasteiger partial charge in [-0.3, -0.25) is 72.3 Å². The van der Waals surface area contributed by atoms with Crippen molar-refractivity contribution in [2.75, 3.05) is 88.3 Å². The number of carbonyl (C=O) groups excluding carboxylic acids is 14. The molecule has 10 atom stereocenters. The van der Waals surface area contributed by atoms with Crippen molar-refractivity contribution in [3.63, 3.8) is 0 Å². The van der Waals surface area contributed by atoms with Gasteiger partial charge in [-0.15, -0.1) is 10.2 Å². The van der Waals surface area contributed by atoms with E-state index in [0.717, 1.165) is 9.80 Å². The molecule has 4 fully saturated rings. The van der Waals surface area contributed by atoms with Crippen molar-refractivity contribution in [2.24, 2.45) is 55.8 Å². The molecule has 42 nitrogen and oxygen atoms in total. The van der Waals surface area contributed by atoms with Crippen LogP contribution < -0.4 is 43.9 Å². The lowest BCUT2D eigenvalue weighted by atomic mass is 9.98. The number of nitrogens with zero attached hydrogens (tertiary/aromatic N) is 15. The molecule has 630 valence electrons. The number of ether oxygens (including phenoxy) is 2. The second-order valence-corrected chi connectivity index (χ2v) is 30.5. The SMILES string of the molecule is CN(C)/N=N/c1[nH]cnc1C(N)=O.CN(C)/N=N/c1[nH]cnc1C(N)=O.Cc1c2oc3c(C)ccc(C(=O)N[C@@H]4C(=O)N[C@H](C(C)C)C(=O)N5CCC[C@H]5C(=O)N(C)CC(=O)N(C)[C@@H](C(C)C)C(=O)O[C@@H]4C)c3nc-2c(C(=O)N[C@@H]2C(=O)N[C@H](C(C)C)C(=O)N3CCC[C@H]3C(=O)N(C)CC(=O)N(C)[C@@H](C(C)C)C(=O)O[C@@H]2C)c(N)c1=O. The fourth-order valence-corrected chi connectivity index (χ4v) is 13.6. The maximum Gasteiger partial charge on any atom is 0.329 e. The van der Waals surface area contributed by atoms with Gasteiger partial charge in [-0.2, -0.15) is 0 Å². The Morgan fingerprint density at radius 2 is 0.991 bits per heavy atom. The first-order valence-electron chi connectivity index (χ1n) is 37.6. The van der Waals surface area contributed by atoms with E-state index in [1.54, 1.807) is 90.5 Å². The average Bonchev–Trinajstić information content (AvgIpc) is 0.967. The van der Waals surface area contributed by atoms with Crippen LogP contribution in [0.25, 0.3) is 22.6 Å². The van der Waals surface area contributed by atoms with E-state index in [-0.39, 0.29) is 76.9 Å². The van der Waals surface area contributed by atoms with Crippen molar-refractivity contribution in [2.45, 2.75) is 169 Å². The van der Waals surface area contributed by atoms with Crippen molar-refractivity contribution >= 4 is 111 Å². The topological polar surface area (TPSA) is 559 Å². The zero-order valence-corrected chi connectivity index (χ0v) is 68.8. The predicted octanol–water partition coefficient (Wildman–Crippen LogP) is 0.863. The molecule has 116 heavy (non-hydrogen) atoms. The van der Waals surface area contributed by atoms with E-state index in [4.69, 9.17) is 36.1 Å². The number of nitrogens with two attached hydrogens (primary N) is 3. The molecular weight excluding hydrogens is 1510 g/mol. The highest BCUT2D eigenvalue weighted by Gasteiger charge is 2.47. The minimum Gasteiger partial charge on any atom is -0.458 e. The minimum absolute atomic E-state index is 0.0763. The first kappa shape index (κ1) is 90.6. The Kier molecular flexibility index (Phi) is 30.1. The molecular formula is C74H106N24O18. The van der Waals surface area contributed by atoms with E-state index < -0.39 is 203 Å². The van der Waals surface area contributed by atoms with Gasteiger partial charge in [-0.05, 0) is 88.7 Å². The number of nitrogens with one attached hydrogen (secondary N) is 6. The van der Waals surface area contributed by atoms with Gasteiger partial charge in [0.25, 0.3) is 23.6 Å². The predicted molar refractivity (Wildman–Crippen MR) is 416 cm³/mol. The molecule has 6 aliphatic rings. The molecule has 12 N–H and O–H groups in total. The smallest absolute Gasteiger partial charge is 0.329 e. The fourth-order valence-electron chi connectivity index (χ4n) is 13.6. The number of rotatable bonds is 14. The number of carbonyl (C=O) groups is 14.